The number of benzene rings is 1. The van der Waals surface area contributed by atoms with Gasteiger partial charge in [-0.15, -0.1) is 0 Å². The Labute approximate surface area is 89.5 Å². The van der Waals surface area contributed by atoms with Crippen LogP contribution in [0.15, 0.2) is 36.2 Å². The van der Waals surface area contributed by atoms with Gasteiger partial charge in [0.05, 0.1) is 12.2 Å². The number of hydrogen-bond acceptors (Lipinski definition) is 4. The molecule has 0 bridgehead atoms. The van der Waals surface area contributed by atoms with Gasteiger partial charge in [0.1, 0.15) is 6.17 Å². The first kappa shape index (κ1) is 10.0. The van der Waals surface area contributed by atoms with Crippen molar-refractivity contribution in [2.75, 3.05) is 0 Å². The molecule has 1 aromatic carbocycles. The molecule has 4 heteroatoms. The highest BCUT2D eigenvalue weighted by molar-refractivity contribution is 5.22. The average Bonchev–Trinajstić information content (AvgIpc) is 2.50. The lowest BCUT2D eigenvalue weighted by molar-refractivity contribution is 0.267. The van der Waals surface area contributed by atoms with Crippen molar-refractivity contribution in [1.82, 2.24) is 10.4 Å². The molecule has 1 aliphatic heterocycles. The zero-order valence-electron chi connectivity index (χ0n) is 8.77. The van der Waals surface area contributed by atoms with Crippen LogP contribution >= 0.6 is 0 Å². The summed E-state index contributed by atoms with van der Waals surface area (Å²) in [5, 5.41) is 1.91. The van der Waals surface area contributed by atoms with E-state index < -0.39 is 0 Å². The van der Waals surface area contributed by atoms with Gasteiger partial charge in [0.2, 0.25) is 0 Å². The molecule has 0 saturated carbocycles. The van der Waals surface area contributed by atoms with E-state index in [0.717, 1.165) is 6.54 Å². The van der Waals surface area contributed by atoms with E-state index in [1.165, 1.54) is 11.1 Å². The molecule has 0 saturated heterocycles. The molecule has 0 aromatic heterocycles. The van der Waals surface area contributed by atoms with Crippen molar-refractivity contribution < 1.29 is 0 Å². The Morgan fingerprint density at radius 1 is 1.33 bits per heavy atom. The molecule has 0 amide bonds. The minimum Gasteiger partial charge on any atom is -0.398 e. The predicted octanol–water partition coefficient (Wildman–Crippen LogP) is 0.400. The van der Waals surface area contributed by atoms with Gasteiger partial charge in [-0.25, -0.2) is 5.43 Å². The summed E-state index contributed by atoms with van der Waals surface area (Å²) in [5.74, 6) is 0. The summed E-state index contributed by atoms with van der Waals surface area (Å²) in [7, 11) is 0. The highest BCUT2D eigenvalue weighted by atomic mass is 15.5. The topological polar surface area (TPSA) is 67.3 Å². The van der Waals surface area contributed by atoms with Crippen molar-refractivity contribution in [1.29, 1.82) is 0 Å². The number of nitrogens with zero attached hydrogens (tertiary/aromatic N) is 1. The molecule has 4 nitrogen and oxygen atoms in total. The minimum atomic E-state index is -0.254. The highest BCUT2D eigenvalue weighted by Gasteiger charge is 2.17. The van der Waals surface area contributed by atoms with Crippen molar-refractivity contribution in [2.45, 2.75) is 19.6 Å². The van der Waals surface area contributed by atoms with Crippen LogP contribution in [-0.2, 0) is 6.54 Å². The van der Waals surface area contributed by atoms with E-state index in [4.69, 9.17) is 11.5 Å². The molecule has 1 heterocycles. The average molecular weight is 204 g/mol. The summed E-state index contributed by atoms with van der Waals surface area (Å²) in [5.41, 5.74) is 17.6. The summed E-state index contributed by atoms with van der Waals surface area (Å²) in [4.78, 5) is 0. The van der Waals surface area contributed by atoms with Gasteiger partial charge in [0, 0.05) is 6.20 Å². The van der Waals surface area contributed by atoms with Crippen LogP contribution in [0, 0.1) is 6.92 Å². The zero-order chi connectivity index (χ0) is 10.8. The smallest absolute Gasteiger partial charge is 0.114 e. The number of aryl methyl sites for hydroxylation is 1. The Morgan fingerprint density at radius 2 is 2.00 bits per heavy atom. The molecule has 1 aromatic rings. The van der Waals surface area contributed by atoms with E-state index in [1.807, 2.05) is 11.2 Å². The van der Waals surface area contributed by atoms with Gasteiger partial charge >= 0.3 is 0 Å². The van der Waals surface area contributed by atoms with Crippen molar-refractivity contribution in [2.24, 2.45) is 11.5 Å². The van der Waals surface area contributed by atoms with Crippen LogP contribution in [0.2, 0.25) is 0 Å². The summed E-state index contributed by atoms with van der Waals surface area (Å²) in [6, 6.07) is 8.40. The molecule has 0 fully saturated rings. The van der Waals surface area contributed by atoms with Gasteiger partial charge in [0.15, 0.2) is 0 Å². The molecule has 1 unspecified atom stereocenters. The first-order valence-corrected chi connectivity index (χ1v) is 4.96. The van der Waals surface area contributed by atoms with Gasteiger partial charge in [0.25, 0.3) is 0 Å². The Hall–Kier alpha value is -1.52. The van der Waals surface area contributed by atoms with Crippen LogP contribution in [0.3, 0.4) is 0 Å². The molecular formula is C11H16N4. The maximum absolute atomic E-state index is 5.70. The largest absolute Gasteiger partial charge is 0.398 e. The van der Waals surface area contributed by atoms with Crippen LogP contribution in [0.25, 0.3) is 0 Å². The monoisotopic (exact) mass is 204 g/mol. The van der Waals surface area contributed by atoms with Crippen LogP contribution in [0.1, 0.15) is 11.1 Å². The molecule has 80 valence electrons. The van der Waals surface area contributed by atoms with Crippen molar-refractivity contribution >= 4 is 0 Å². The molecular weight excluding hydrogens is 188 g/mol. The summed E-state index contributed by atoms with van der Waals surface area (Å²) < 4.78 is 0. The van der Waals surface area contributed by atoms with Crippen LogP contribution in [-0.4, -0.2) is 11.2 Å². The third kappa shape index (κ3) is 2.29. The normalized spacial score (nSPS) is 20.5. The lowest BCUT2D eigenvalue weighted by Crippen LogP contribution is -2.42. The highest BCUT2D eigenvalue weighted by Crippen LogP contribution is 2.10. The molecule has 5 N–H and O–H groups in total. The molecule has 1 aliphatic rings. The molecule has 0 radical (unpaired) electrons. The Kier molecular flexibility index (Phi) is 2.62. The van der Waals surface area contributed by atoms with Crippen LogP contribution in [0.5, 0.6) is 0 Å². The molecule has 1 atom stereocenters. The molecule has 0 spiro atoms. The SMILES string of the molecule is Cc1ccc(CN2C=C(N)C(N)N2)cc1. The predicted molar refractivity (Wildman–Crippen MR) is 60.1 cm³/mol. The summed E-state index contributed by atoms with van der Waals surface area (Å²) >= 11 is 0. The molecule has 0 aliphatic carbocycles. The Morgan fingerprint density at radius 3 is 2.53 bits per heavy atom. The van der Waals surface area contributed by atoms with E-state index in [0.29, 0.717) is 5.70 Å². The number of rotatable bonds is 2. The first-order chi connectivity index (χ1) is 7.15. The van der Waals surface area contributed by atoms with Gasteiger partial charge < -0.3 is 16.5 Å². The lowest BCUT2D eigenvalue weighted by Gasteiger charge is -2.17. The third-order valence-corrected chi connectivity index (χ3v) is 2.44. The van der Waals surface area contributed by atoms with Crippen molar-refractivity contribution in [3.05, 3.63) is 47.3 Å². The van der Waals surface area contributed by atoms with Gasteiger partial charge in [-0.3, -0.25) is 0 Å². The van der Waals surface area contributed by atoms with E-state index in [1.54, 1.807) is 0 Å². The second-order valence-corrected chi connectivity index (χ2v) is 3.85. The summed E-state index contributed by atoms with van der Waals surface area (Å²) in [6.45, 7) is 2.85. The maximum atomic E-state index is 5.70. The first-order valence-electron chi connectivity index (χ1n) is 4.96. The number of hydrogen-bond donors (Lipinski definition) is 3. The third-order valence-electron chi connectivity index (χ3n) is 2.44. The van der Waals surface area contributed by atoms with Gasteiger partial charge in [-0.2, -0.15) is 0 Å². The fraction of sp³-hybridized carbons (Fsp3) is 0.273. The van der Waals surface area contributed by atoms with E-state index in [2.05, 4.69) is 36.6 Å². The summed E-state index contributed by atoms with van der Waals surface area (Å²) in [6.07, 6.45) is 1.58. The fourth-order valence-electron chi connectivity index (χ4n) is 1.53. The van der Waals surface area contributed by atoms with E-state index in [9.17, 15) is 0 Å². The number of nitrogens with one attached hydrogen (secondary N) is 1. The van der Waals surface area contributed by atoms with Gasteiger partial charge in [-0.1, -0.05) is 29.8 Å². The lowest BCUT2D eigenvalue weighted by atomic mass is 10.1. The molecule has 15 heavy (non-hydrogen) atoms. The Balaban J connectivity index is 2.02. The second-order valence-electron chi connectivity index (χ2n) is 3.85. The van der Waals surface area contributed by atoms with E-state index >= 15 is 0 Å². The minimum absolute atomic E-state index is 0.254. The second kappa shape index (κ2) is 3.92. The standard InChI is InChI=1S/C11H16N4/c1-8-2-4-9(5-3-8)6-15-7-10(12)11(13)14-15/h2-5,7,11,14H,6,12-13H2,1H3. The zero-order valence-corrected chi connectivity index (χ0v) is 8.77. The van der Waals surface area contributed by atoms with Gasteiger partial charge in [-0.05, 0) is 12.5 Å². The van der Waals surface area contributed by atoms with E-state index in [-0.39, 0.29) is 6.17 Å². The molecule has 2 rings (SSSR count). The Bertz CT molecular complexity index is 369. The van der Waals surface area contributed by atoms with Crippen LogP contribution < -0.4 is 16.9 Å². The quantitative estimate of drug-likeness (QED) is 0.652. The fourth-order valence-corrected chi connectivity index (χ4v) is 1.53. The number of hydrazine groups is 1. The van der Waals surface area contributed by atoms with Crippen molar-refractivity contribution in [3.8, 4) is 0 Å². The van der Waals surface area contributed by atoms with Crippen molar-refractivity contribution in [3.63, 3.8) is 0 Å². The number of nitrogens with two attached hydrogens (primary N) is 2. The van der Waals surface area contributed by atoms with Crippen LogP contribution in [0.4, 0.5) is 0 Å². The maximum Gasteiger partial charge on any atom is 0.114 e.